The van der Waals surface area contributed by atoms with Crippen LogP contribution >= 0.6 is 11.6 Å². The van der Waals surface area contributed by atoms with Crippen molar-refractivity contribution in [3.8, 4) is 0 Å². The minimum Gasteiger partial charge on any atom is -0.388 e. The largest absolute Gasteiger partial charge is 0.388 e. The summed E-state index contributed by atoms with van der Waals surface area (Å²) in [5.74, 6) is -0.188. The number of carbonyl (C=O) groups excluding carboxylic acids is 1. The standard InChI is InChI=1S/C10H12ClNO2/c1-12-10(14)6-9(13)7-2-4-8(11)5-3-7/h2-5,9,13H,6H2,1H3,(H,12,14)/t9-/m0/s1. The summed E-state index contributed by atoms with van der Waals surface area (Å²) in [6, 6.07) is 6.78. The Labute approximate surface area is 87.7 Å². The summed E-state index contributed by atoms with van der Waals surface area (Å²) in [5, 5.41) is 12.7. The Hall–Kier alpha value is -1.06. The van der Waals surface area contributed by atoms with Crippen LogP contribution in [0.25, 0.3) is 0 Å². The topological polar surface area (TPSA) is 49.3 Å². The van der Waals surface area contributed by atoms with E-state index in [9.17, 15) is 9.90 Å². The van der Waals surface area contributed by atoms with Gasteiger partial charge in [0.2, 0.25) is 5.91 Å². The summed E-state index contributed by atoms with van der Waals surface area (Å²) in [6.45, 7) is 0. The normalized spacial score (nSPS) is 12.2. The maximum Gasteiger partial charge on any atom is 0.222 e. The van der Waals surface area contributed by atoms with Gasteiger partial charge in [-0.3, -0.25) is 4.79 Å². The molecule has 0 radical (unpaired) electrons. The Morgan fingerprint density at radius 2 is 2.07 bits per heavy atom. The minimum absolute atomic E-state index is 0.0676. The van der Waals surface area contributed by atoms with Crippen LogP contribution in [-0.4, -0.2) is 18.1 Å². The fourth-order valence-corrected chi connectivity index (χ4v) is 1.21. The maximum absolute atomic E-state index is 11.0. The van der Waals surface area contributed by atoms with Crippen molar-refractivity contribution in [3.63, 3.8) is 0 Å². The number of amides is 1. The predicted octanol–water partition coefficient (Wildman–Crippen LogP) is 1.51. The highest BCUT2D eigenvalue weighted by atomic mass is 35.5. The van der Waals surface area contributed by atoms with Gasteiger partial charge in [0.1, 0.15) is 0 Å². The fraction of sp³-hybridized carbons (Fsp3) is 0.300. The highest BCUT2D eigenvalue weighted by molar-refractivity contribution is 6.30. The number of aliphatic hydroxyl groups is 1. The van der Waals surface area contributed by atoms with Crippen LogP contribution in [0.15, 0.2) is 24.3 Å². The molecule has 3 nitrogen and oxygen atoms in total. The van der Waals surface area contributed by atoms with Crippen LogP contribution in [0.1, 0.15) is 18.1 Å². The first-order valence-electron chi connectivity index (χ1n) is 4.27. The van der Waals surface area contributed by atoms with Crippen molar-refractivity contribution in [1.82, 2.24) is 5.32 Å². The molecule has 0 fully saturated rings. The molecule has 0 spiro atoms. The average Bonchev–Trinajstić information content (AvgIpc) is 2.18. The van der Waals surface area contributed by atoms with Crippen molar-refractivity contribution in [3.05, 3.63) is 34.9 Å². The van der Waals surface area contributed by atoms with Crippen LogP contribution in [0.5, 0.6) is 0 Å². The lowest BCUT2D eigenvalue weighted by molar-refractivity contribution is -0.122. The average molecular weight is 214 g/mol. The molecular formula is C10H12ClNO2. The number of halogens is 1. The van der Waals surface area contributed by atoms with Gasteiger partial charge in [-0.05, 0) is 17.7 Å². The van der Waals surface area contributed by atoms with Crippen molar-refractivity contribution in [2.75, 3.05) is 7.05 Å². The number of hydrogen-bond donors (Lipinski definition) is 2. The molecule has 14 heavy (non-hydrogen) atoms. The molecule has 1 amide bonds. The lowest BCUT2D eigenvalue weighted by Crippen LogP contribution is -2.20. The van der Waals surface area contributed by atoms with Crippen LogP contribution in [0.4, 0.5) is 0 Å². The Bertz CT molecular complexity index is 310. The molecule has 1 rings (SSSR count). The molecule has 0 bridgehead atoms. The summed E-state index contributed by atoms with van der Waals surface area (Å²) in [7, 11) is 1.54. The van der Waals surface area contributed by atoms with Crippen molar-refractivity contribution >= 4 is 17.5 Å². The molecule has 1 atom stereocenters. The molecule has 4 heteroatoms. The van der Waals surface area contributed by atoms with E-state index < -0.39 is 6.10 Å². The number of hydrogen-bond acceptors (Lipinski definition) is 2. The number of benzene rings is 1. The number of aliphatic hydroxyl groups excluding tert-OH is 1. The molecule has 0 aromatic heterocycles. The van der Waals surface area contributed by atoms with Gasteiger partial charge >= 0.3 is 0 Å². The smallest absolute Gasteiger partial charge is 0.222 e. The molecule has 1 aromatic rings. The number of nitrogens with one attached hydrogen (secondary N) is 1. The van der Waals surface area contributed by atoms with Crippen LogP contribution in [-0.2, 0) is 4.79 Å². The summed E-state index contributed by atoms with van der Waals surface area (Å²) in [5.41, 5.74) is 0.693. The van der Waals surface area contributed by atoms with Gasteiger partial charge in [0.05, 0.1) is 12.5 Å². The molecule has 2 N–H and O–H groups in total. The lowest BCUT2D eigenvalue weighted by atomic mass is 10.1. The minimum atomic E-state index is -0.771. The van der Waals surface area contributed by atoms with Crippen LogP contribution in [0.2, 0.25) is 5.02 Å². The van der Waals surface area contributed by atoms with E-state index in [0.29, 0.717) is 10.6 Å². The third-order valence-corrected chi connectivity index (χ3v) is 2.16. The van der Waals surface area contributed by atoms with E-state index in [4.69, 9.17) is 11.6 Å². The quantitative estimate of drug-likeness (QED) is 0.800. The molecule has 1 aromatic carbocycles. The van der Waals surface area contributed by atoms with Crippen LogP contribution in [0, 0.1) is 0 Å². The van der Waals surface area contributed by atoms with Crippen molar-refractivity contribution < 1.29 is 9.90 Å². The Morgan fingerprint density at radius 3 is 2.57 bits per heavy atom. The predicted molar refractivity (Wildman–Crippen MR) is 55.1 cm³/mol. The zero-order valence-corrected chi connectivity index (χ0v) is 8.58. The number of rotatable bonds is 3. The van der Waals surface area contributed by atoms with Gasteiger partial charge in [0, 0.05) is 12.1 Å². The zero-order chi connectivity index (χ0) is 10.6. The van der Waals surface area contributed by atoms with E-state index in [1.807, 2.05) is 0 Å². The van der Waals surface area contributed by atoms with E-state index in [1.165, 1.54) is 7.05 Å². The fourth-order valence-electron chi connectivity index (χ4n) is 1.08. The molecule has 0 unspecified atom stereocenters. The Balaban J connectivity index is 2.65. The molecule has 0 saturated heterocycles. The summed E-state index contributed by atoms with van der Waals surface area (Å²) < 4.78 is 0. The Kier molecular flexibility index (Phi) is 3.92. The van der Waals surface area contributed by atoms with Crippen molar-refractivity contribution in [1.29, 1.82) is 0 Å². The van der Waals surface area contributed by atoms with Crippen LogP contribution in [0.3, 0.4) is 0 Å². The van der Waals surface area contributed by atoms with E-state index in [1.54, 1.807) is 24.3 Å². The van der Waals surface area contributed by atoms with Gasteiger partial charge in [-0.25, -0.2) is 0 Å². The summed E-state index contributed by atoms with van der Waals surface area (Å²) >= 11 is 5.69. The zero-order valence-electron chi connectivity index (χ0n) is 7.83. The first-order valence-corrected chi connectivity index (χ1v) is 4.65. The van der Waals surface area contributed by atoms with Gasteiger partial charge in [0.25, 0.3) is 0 Å². The molecule has 0 aliphatic rings. The van der Waals surface area contributed by atoms with Gasteiger partial charge in [-0.2, -0.15) is 0 Å². The Morgan fingerprint density at radius 1 is 1.50 bits per heavy atom. The molecule has 0 aliphatic heterocycles. The first-order chi connectivity index (χ1) is 6.63. The maximum atomic E-state index is 11.0. The lowest BCUT2D eigenvalue weighted by Gasteiger charge is -2.09. The van der Waals surface area contributed by atoms with Gasteiger partial charge < -0.3 is 10.4 Å². The third-order valence-electron chi connectivity index (χ3n) is 1.91. The number of carbonyl (C=O) groups is 1. The SMILES string of the molecule is CNC(=O)C[C@H](O)c1ccc(Cl)cc1. The second kappa shape index (κ2) is 4.98. The van der Waals surface area contributed by atoms with Gasteiger partial charge in [-0.1, -0.05) is 23.7 Å². The van der Waals surface area contributed by atoms with E-state index in [-0.39, 0.29) is 12.3 Å². The van der Waals surface area contributed by atoms with Gasteiger partial charge in [-0.15, -0.1) is 0 Å². The van der Waals surface area contributed by atoms with E-state index in [2.05, 4.69) is 5.32 Å². The molecule has 76 valence electrons. The summed E-state index contributed by atoms with van der Waals surface area (Å²) in [6.07, 6.45) is -0.704. The van der Waals surface area contributed by atoms with Crippen molar-refractivity contribution in [2.24, 2.45) is 0 Å². The second-order valence-electron chi connectivity index (χ2n) is 2.94. The van der Waals surface area contributed by atoms with Gasteiger partial charge in [0.15, 0.2) is 0 Å². The molecule has 0 saturated carbocycles. The van der Waals surface area contributed by atoms with E-state index >= 15 is 0 Å². The van der Waals surface area contributed by atoms with Crippen molar-refractivity contribution in [2.45, 2.75) is 12.5 Å². The molecule has 0 heterocycles. The highest BCUT2D eigenvalue weighted by Gasteiger charge is 2.11. The highest BCUT2D eigenvalue weighted by Crippen LogP contribution is 2.18. The first kappa shape index (κ1) is 11.0. The third kappa shape index (κ3) is 3.01. The summed E-state index contributed by atoms with van der Waals surface area (Å²) in [4.78, 5) is 11.0. The molecule has 0 aliphatic carbocycles. The monoisotopic (exact) mass is 213 g/mol. The second-order valence-corrected chi connectivity index (χ2v) is 3.38. The van der Waals surface area contributed by atoms with Crippen LogP contribution < -0.4 is 5.32 Å². The van der Waals surface area contributed by atoms with E-state index in [0.717, 1.165) is 0 Å². The molecular weight excluding hydrogens is 202 g/mol.